The molecule has 2 aliphatic rings. The zero-order valence-electron chi connectivity index (χ0n) is 17.8. The Bertz CT molecular complexity index is 1330. The van der Waals surface area contributed by atoms with Crippen molar-refractivity contribution in [1.82, 2.24) is 4.98 Å². The van der Waals surface area contributed by atoms with Gasteiger partial charge < -0.3 is 24.1 Å². The van der Waals surface area contributed by atoms with Gasteiger partial charge in [-0.2, -0.15) is 0 Å². The fraction of sp³-hybridized carbons (Fsp3) is 0.160. The molecular weight excluding hydrogens is 426 g/mol. The van der Waals surface area contributed by atoms with Crippen molar-refractivity contribution in [2.45, 2.75) is 12.3 Å². The van der Waals surface area contributed by atoms with Crippen LogP contribution in [0.5, 0.6) is 28.9 Å². The fourth-order valence-electron chi connectivity index (χ4n) is 4.10. The predicted octanol–water partition coefficient (Wildman–Crippen LogP) is 4.21. The van der Waals surface area contributed by atoms with Gasteiger partial charge in [0.15, 0.2) is 17.3 Å². The van der Waals surface area contributed by atoms with Gasteiger partial charge in [-0.3, -0.25) is 9.59 Å². The van der Waals surface area contributed by atoms with Gasteiger partial charge in [0, 0.05) is 23.2 Å². The molecule has 0 radical (unpaired) electrons. The summed E-state index contributed by atoms with van der Waals surface area (Å²) in [5, 5.41) is 10.1. The first-order valence-corrected chi connectivity index (χ1v) is 10.2. The molecule has 1 N–H and O–H groups in total. The number of phenolic OH excluding ortho intramolecular Hbond substituents is 1. The molecule has 0 saturated heterocycles. The molecule has 3 heterocycles. The summed E-state index contributed by atoms with van der Waals surface area (Å²) in [4.78, 5) is 29.6. The molecule has 3 aromatic rings. The highest BCUT2D eigenvalue weighted by atomic mass is 16.5. The average molecular weight is 445 g/mol. The maximum absolute atomic E-state index is 13.1. The highest BCUT2D eigenvalue weighted by Crippen LogP contribution is 2.52. The molecule has 33 heavy (non-hydrogen) atoms. The zero-order valence-corrected chi connectivity index (χ0v) is 17.8. The number of pyridine rings is 1. The van der Waals surface area contributed by atoms with E-state index in [1.54, 1.807) is 42.6 Å². The van der Waals surface area contributed by atoms with Crippen LogP contribution in [0.25, 0.3) is 6.08 Å². The molecule has 1 atom stereocenters. The first kappa shape index (κ1) is 20.6. The lowest BCUT2D eigenvalue weighted by Gasteiger charge is -2.27. The van der Waals surface area contributed by atoms with E-state index in [1.165, 1.54) is 20.3 Å². The van der Waals surface area contributed by atoms with Crippen molar-refractivity contribution in [3.8, 4) is 28.9 Å². The molecular formula is C25H19NO7. The van der Waals surface area contributed by atoms with Gasteiger partial charge in [0.2, 0.25) is 11.7 Å². The second-order valence-electron chi connectivity index (χ2n) is 7.56. The molecule has 0 saturated carbocycles. The highest BCUT2D eigenvalue weighted by molar-refractivity contribution is 6.15. The van der Waals surface area contributed by atoms with Crippen LogP contribution in [-0.4, -0.2) is 36.1 Å². The lowest BCUT2D eigenvalue weighted by molar-refractivity contribution is -0.140. The van der Waals surface area contributed by atoms with Gasteiger partial charge in [-0.1, -0.05) is 12.1 Å². The van der Waals surface area contributed by atoms with Crippen molar-refractivity contribution < 1.29 is 33.6 Å². The molecule has 0 unspecified atom stereocenters. The van der Waals surface area contributed by atoms with E-state index in [-0.39, 0.29) is 23.7 Å². The molecule has 0 aliphatic carbocycles. The Morgan fingerprint density at radius 1 is 1.18 bits per heavy atom. The van der Waals surface area contributed by atoms with E-state index in [1.807, 2.05) is 6.07 Å². The Kier molecular flexibility index (Phi) is 4.97. The molecule has 0 spiro atoms. The van der Waals surface area contributed by atoms with Crippen LogP contribution in [0.2, 0.25) is 0 Å². The number of carbonyl (C=O) groups is 2. The molecule has 8 nitrogen and oxygen atoms in total. The summed E-state index contributed by atoms with van der Waals surface area (Å²) in [6, 6.07) is 11.7. The number of nitrogens with zero attached hydrogens (tertiary/aromatic N) is 1. The second kappa shape index (κ2) is 7.98. The zero-order chi connectivity index (χ0) is 23.1. The summed E-state index contributed by atoms with van der Waals surface area (Å²) in [7, 11) is 2.78. The van der Waals surface area contributed by atoms with E-state index < -0.39 is 11.9 Å². The number of Topliss-reactive ketones (excluding diaryl/α,β-unsaturated/α-hetero) is 1. The predicted molar refractivity (Wildman–Crippen MR) is 117 cm³/mol. The van der Waals surface area contributed by atoms with Crippen molar-refractivity contribution >= 4 is 17.8 Å². The van der Waals surface area contributed by atoms with Crippen LogP contribution in [0, 0.1) is 0 Å². The Morgan fingerprint density at radius 2 is 2.03 bits per heavy atom. The number of fused-ring (bicyclic) bond motifs is 4. The lowest BCUT2D eigenvalue weighted by Crippen LogP contribution is -2.16. The van der Waals surface area contributed by atoms with E-state index >= 15 is 0 Å². The smallest absolute Gasteiger partial charge is 0.306 e. The summed E-state index contributed by atoms with van der Waals surface area (Å²) < 4.78 is 21.9. The van der Waals surface area contributed by atoms with Crippen LogP contribution >= 0.6 is 0 Å². The number of methoxy groups -OCH3 is 2. The summed E-state index contributed by atoms with van der Waals surface area (Å²) in [6.45, 7) is 0. The highest BCUT2D eigenvalue weighted by Gasteiger charge is 2.39. The molecule has 0 fully saturated rings. The van der Waals surface area contributed by atoms with Crippen LogP contribution in [0.15, 0.2) is 54.4 Å². The molecule has 1 aromatic heterocycles. The number of aromatic hydroxyl groups is 1. The van der Waals surface area contributed by atoms with Gasteiger partial charge in [-0.25, -0.2) is 4.98 Å². The number of rotatable bonds is 4. The lowest BCUT2D eigenvalue weighted by atomic mass is 9.85. The van der Waals surface area contributed by atoms with Crippen LogP contribution in [0.3, 0.4) is 0 Å². The number of carbonyl (C=O) groups excluding carboxylic acids is 2. The van der Waals surface area contributed by atoms with E-state index in [0.29, 0.717) is 45.4 Å². The Hall–Kier alpha value is -4.33. The van der Waals surface area contributed by atoms with Crippen LogP contribution in [0.1, 0.15) is 39.4 Å². The van der Waals surface area contributed by atoms with Gasteiger partial charge in [0.25, 0.3) is 0 Å². The van der Waals surface area contributed by atoms with E-state index in [0.717, 1.165) is 0 Å². The molecule has 2 aliphatic heterocycles. The summed E-state index contributed by atoms with van der Waals surface area (Å²) >= 11 is 0. The van der Waals surface area contributed by atoms with Crippen LogP contribution in [0.4, 0.5) is 0 Å². The molecule has 0 bridgehead atoms. The minimum absolute atomic E-state index is 0.0327. The molecule has 5 rings (SSSR count). The summed E-state index contributed by atoms with van der Waals surface area (Å²) in [5.74, 6) is 0.383. The van der Waals surface area contributed by atoms with Gasteiger partial charge >= 0.3 is 5.97 Å². The van der Waals surface area contributed by atoms with Gasteiger partial charge in [-0.15, -0.1) is 0 Å². The normalized spacial score (nSPS) is 16.8. The van der Waals surface area contributed by atoms with E-state index in [9.17, 15) is 14.7 Å². The van der Waals surface area contributed by atoms with Gasteiger partial charge in [0.05, 0.1) is 26.2 Å². The van der Waals surface area contributed by atoms with E-state index in [4.69, 9.17) is 18.9 Å². The second-order valence-corrected chi connectivity index (χ2v) is 7.56. The van der Waals surface area contributed by atoms with Crippen molar-refractivity contribution in [2.75, 3.05) is 14.2 Å². The number of benzene rings is 2. The number of allylic oxidation sites excluding steroid dienone is 1. The molecule has 8 heteroatoms. The Labute approximate surface area is 189 Å². The maximum atomic E-state index is 13.1. The monoisotopic (exact) mass is 445 g/mol. The Balaban J connectivity index is 1.59. The number of aromatic nitrogens is 1. The number of hydrogen-bond donors (Lipinski definition) is 1. The van der Waals surface area contributed by atoms with Crippen molar-refractivity contribution in [3.05, 3.63) is 76.7 Å². The number of phenols is 1. The topological polar surface area (TPSA) is 104 Å². The third kappa shape index (κ3) is 3.45. The minimum atomic E-state index is -0.461. The molecule has 2 aromatic carbocycles. The number of hydrogen-bond acceptors (Lipinski definition) is 8. The van der Waals surface area contributed by atoms with Gasteiger partial charge in [0.1, 0.15) is 11.5 Å². The average Bonchev–Trinajstić information content (AvgIpc) is 3.14. The van der Waals surface area contributed by atoms with Crippen LogP contribution < -0.4 is 14.2 Å². The molecule has 0 amide bonds. The third-order valence-electron chi connectivity index (χ3n) is 5.67. The standard InChI is InChI=1S/C25H19NO7/c1-30-18-7-5-13(10-17(18)27)11-20-23(29)15-6-8-19-22(24(15)32-20)16(12-21(28)31-2)14-4-3-9-26-25(14)33-19/h3-11,16,27H,12H2,1-2H3/b20-11-/t16-/m1/s1. The largest absolute Gasteiger partial charge is 0.504 e. The number of ether oxygens (including phenoxy) is 4. The van der Waals surface area contributed by atoms with Gasteiger partial charge in [-0.05, 0) is 42.0 Å². The first-order chi connectivity index (χ1) is 16.0. The van der Waals surface area contributed by atoms with Crippen LogP contribution in [-0.2, 0) is 9.53 Å². The first-order valence-electron chi connectivity index (χ1n) is 10.2. The third-order valence-corrected chi connectivity index (χ3v) is 5.67. The molecule has 166 valence electrons. The van der Waals surface area contributed by atoms with E-state index in [2.05, 4.69) is 4.98 Å². The summed E-state index contributed by atoms with van der Waals surface area (Å²) in [5.41, 5.74) is 2.23. The number of esters is 1. The SMILES string of the molecule is COC(=O)C[C@@H]1c2cccnc2Oc2ccc3c(c21)O/C(=C\c1ccc(OC)c(O)c1)C3=O. The maximum Gasteiger partial charge on any atom is 0.306 e. The minimum Gasteiger partial charge on any atom is -0.504 e. The fourth-order valence-corrected chi connectivity index (χ4v) is 4.10. The van der Waals surface area contributed by atoms with Crippen molar-refractivity contribution in [1.29, 1.82) is 0 Å². The Morgan fingerprint density at radius 3 is 2.79 bits per heavy atom. The van der Waals surface area contributed by atoms with Crippen molar-refractivity contribution in [3.63, 3.8) is 0 Å². The number of ketones is 1. The van der Waals surface area contributed by atoms with Crippen molar-refractivity contribution in [2.24, 2.45) is 0 Å². The summed E-state index contributed by atoms with van der Waals surface area (Å²) in [6.07, 6.45) is 3.19. The quantitative estimate of drug-likeness (QED) is 0.470.